The molecule has 0 unspecified atom stereocenters. The van der Waals surface area contributed by atoms with Crippen LogP contribution in [0.1, 0.15) is 81.5 Å². The second kappa shape index (κ2) is 10.9. The summed E-state index contributed by atoms with van der Waals surface area (Å²) in [7, 11) is -3.35. The molecular formula is C28H39N3O5S. The van der Waals surface area contributed by atoms with Crippen LogP contribution in [-0.4, -0.2) is 65.2 Å². The molecular weight excluding hydrogens is 490 g/mol. The van der Waals surface area contributed by atoms with Crippen LogP contribution in [-0.2, 0) is 27.5 Å². The van der Waals surface area contributed by atoms with Gasteiger partial charge in [-0.25, -0.2) is 13.2 Å². The summed E-state index contributed by atoms with van der Waals surface area (Å²) in [5, 5.41) is 0. The fourth-order valence-electron chi connectivity index (χ4n) is 5.48. The molecule has 0 spiro atoms. The minimum atomic E-state index is -3.35. The number of ether oxygens (including phenoxy) is 1. The molecule has 0 saturated heterocycles. The number of carbonyl (C=O) groups is 2. The Morgan fingerprint density at radius 3 is 2.35 bits per heavy atom. The molecule has 2 amide bonds. The maximum Gasteiger partial charge on any atom is 0.410 e. The molecule has 1 aliphatic heterocycles. The van der Waals surface area contributed by atoms with E-state index in [2.05, 4.69) is 4.98 Å². The normalized spacial score (nSPS) is 21.1. The summed E-state index contributed by atoms with van der Waals surface area (Å²) < 4.78 is 30.7. The summed E-state index contributed by atoms with van der Waals surface area (Å²) >= 11 is 0. The first-order valence-electron chi connectivity index (χ1n) is 13.3. The number of amides is 2. The highest BCUT2D eigenvalue weighted by atomic mass is 32.2. The number of rotatable bonds is 6. The van der Waals surface area contributed by atoms with Crippen molar-refractivity contribution in [2.75, 3.05) is 12.3 Å². The summed E-state index contributed by atoms with van der Waals surface area (Å²) in [4.78, 5) is 33.9. The van der Waals surface area contributed by atoms with Gasteiger partial charge in [0.05, 0.1) is 10.6 Å². The SMILES string of the molecule is CCN(C(=O)c1cc2c([nH]1)CCCS2(=O)=O)[C@H]1CCC[C@@H](N(Cc2ccccc2)C(=O)OC(C)(C)C)C1. The average molecular weight is 530 g/mol. The molecule has 1 aromatic carbocycles. The van der Waals surface area contributed by atoms with Crippen molar-refractivity contribution in [2.24, 2.45) is 0 Å². The smallest absolute Gasteiger partial charge is 0.410 e. The zero-order chi connectivity index (χ0) is 26.8. The summed E-state index contributed by atoms with van der Waals surface area (Å²) in [6.45, 7) is 8.47. The third-order valence-electron chi connectivity index (χ3n) is 7.19. The standard InChI is InChI=1S/C28H39N3O5S/c1-5-30(26(32)24-18-25-23(29-24)15-10-16-37(25,34)35)21-13-9-14-22(17-21)31(27(33)36-28(2,3)4)19-20-11-7-6-8-12-20/h6-8,11-12,18,21-22,29H,5,9-10,13-17,19H2,1-4H3/t21-,22+/m0/s1. The van der Waals surface area contributed by atoms with E-state index in [0.717, 1.165) is 24.8 Å². The van der Waals surface area contributed by atoms with Crippen molar-refractivity contribution >= 4 is 21.8 Å². The lowest BCUT2D eigenvalue weighted by Crippen LogP contribution is -2.50. The van der Waals surface area contributed by atoms with Gasteiger partial charge in [-0.2, -0.15) is 0 Å². The van der Waals surface area contributed by atoms with Crippen LogP contribution in [0.5, 0.6) is 0 Å². The summed E-state index contributed by atoms with van der Waals surface area (Å²) in [6.07, 6.45) is 4.04. The lowest BCUT2D eigenvalue weighted by molar-refractivity contribution is 0.00434. The van der Waals surface area contributed by atoms with Gasteiger partial charge in [0.2, 0.25) is 0 Å². The van der Waals surface area contributed by atoms with Crippen molar-refractivity contribution < 1.29 is 22.7 Å². The van der Waals surface area contributed by atoms with Crippen LogP contribution in [0.15, 0.2) is 41.3 Å². The second-order valence-electron chi connectivity index (χ2n) is 11.1. The Hall–Kier alpha value is -2.81. The van der Waals surface area contributed by atoms with E-state index in [9.17, 15) is 18.0 Å². The third kappa shape index (κ3) is 6.37. The van der Waals surface area contributed by atoms with Gasteiger partial charge in [0.25, 0.3) is 5.91 Å². The van der Waals surface area contributed by atoms with E-state index in [-0.39, 0.29) is 34.7 Å². The Kier molecular flexibility index (Phi) is 8.02. The second-order valence-corrected chi connectivity index (χ2v) is 13.2. The Balaban J connectivity index is 1.55. The van der Waals surface area contributed by atoms with E-state index in [1.807, 2.05) is 67.8 Å². The number of aromatic nitrogens is 1. The van der Waals surface area contributed by atoms with Crippen LogP contribution in [0.4, 0.5) is 4.79 Å². The van der Waals surface area contributed by atoms with Crippen LogP contribution in [0.2, 0.25) is 0 Å². The van der Waals surface area contributed by atoms with E-state index < -0.39 is 15.4 Å². The van der Waals surface area contributed by atoms with Crippen LogP contribution in [0, 0.1) is 0 Å². The first-order valence-corrected chi connectivity index (χ1v) is 14.9. The molecule has 2 aliphatic rings. The molecule has 1 N–H and O–H groups in total. The molecule has 9 heteroatoms. The predicted molar refractivity (Wildman–Crippen MR) is 142 cm³/mol. The zero-order valence-electron chi connectivity index (χ0n) is 22.3. The lowest BCUT2D eigenvalue weighted by atomic mass is 9.88. The third-order valence-corrected chi connectivity index (χ3v) is 9.05. The van der Waals surface area contributed by atoms with Gasteiger partial charge < -0.3 is 19.5 Å². The molecule has 4 rings (SSSR count). The summed E-state index contributed by atoms with van der Waals surface area (Å²) in [5.74, 6) is -0.0699. The Bertz CT molecular complexity index is 1220. The van der Waals surface area contributed by atoms with Gasteiger partial charge in [-0.15, -0.1) is 0 Å². The molecule has 0 bridgehead atoms. The molecule has 0 radical (unpaired) electrons. The molecule has 1 aliphatic carbocycles. The van der Waals surface area contributed by atoms with Crippen molar-refractivity contribution in [1.82, 2.24) is 14.8 Å². The van der Waals surface area contributed by atoms with Crippen molar-refractivity contribution in [3.05, 3.63) is 53.3 Å². The monoisotopic (exact) mass is 529 g/mol. The van der Waals surface area contributed by atoms with Crippen LogP contribution in [0.3, 0.4) is 0 Å². The Morgan fingerprint density at radius 2 is 1.73 bits per heavy atom. The number of H-pyrrole nitrogens is 1. The minimum absolute atomic E-state index is 0.0612. The number of nitrogens with one attached hydrogen (secondary N) is 1. The number of carbonyl (C=O) groups excluding carboxylic acids is 2. The predicted octanol–water partition coefficient (Wildman–Crippen LogP) is 4.95. The van der Waals surface area contributed by atoms with Gasteiger partial charge in [-0.1, -0.05) is 30.3 Å². The number of aryl methyl sites for hydroxylation is 1. The molecule has 8 nitrogen and oxygen atoms in total. The first kappa shape index (κ1) is 27.2. The highest BCUT2D eigenvalue weighted by molar-refractivity contribution is 7.91. The lowest BCUT2D eigenvalue weighted by Gasteiger charge is -2.41. The maximum absolute atomic E-state index is 13.6. The molecule has 37 heavy (non-hydrogen) atoms. The van der Waals surface area contributed by atoms with E-state index in [1.165, 1.54) is 6.07 Å². The number of benzene rings is 1. The highest BCUT2D eigenvalue weighted by Gasteiger charge is 2.36. The fourth-order valence-corrected chi connectivity index (χ4v) is 7.05. The molecule has 2 atom stereocenters. The number of hydrogen-bond donors (Lipinski definition) is 1. The van der Waals surface area contributed by atoms with Gasteiger partial charge in [0.1, 0.15) is 11.3 Å². The number of fused-ring (bicyclic) bond motifs is 1. The van der Waals surface area contributed by atoms with Gasteiger partial charge in [-0.3, -0.25) is 4.79 Å². The van der Waals surface area contributed by atoms with E-state index in [4.69, 9.17) is 4.74 Å². The number of sulfone groups is 1. The molecule has 1 saturated carbocycles. The minimum Gasteiger partial charge on any atom is -0.444 e. The topological polar surface area (TPSA) is 99.8 Å². The molecule has 2 heterocycles. The van der Waals surface area contributed by atoms with Gasteiger partial charge in [0, 0.05) is 30.9 Å². The van der Waals surface area contributed by atoms with Crippen molar-refractivity contribution in [3.63, 3.8) is 0 Å². The highest BCUT2D eigenvalue weighted by Crippen LogP contribution is 2.31. The Labute approximate surface area is 220 Å². The van der Waals surface area contributed by atoms with Crippen molar-refractivity contribution in [2.45, 2.75) is 95.3 Å². The van der Waals surface area contributed by atoms with Crippen LogP contribution >= 0.6 is 0 Å². The van der Waals surface area contributed by atoms with E-state index >= 15 is 0 Å². The van der Waals surface area contributed by atoms with E-state index in [0.29, 0.717) is 43.7 Å². The van der Waals surface area contributed by atoms with Crippen LogP contribution in [0.25, 0.3) is 0 Å². The van der Waals surface area contributed by atoms with Gasteiger partial charge in [-0.05, 0) is 77.8 Å². The summed E-state index contributed by atoms with van der Waals surface area (Å²) in [6, 6.07) is 11.2. The molecule has 1 fully saturated rings. The zero-order valence-corrected chi connectivity index (χ0v) is 23.1. The van der Waals surface area contributed by atoms with Gasteiger partial charge >= 0.3 is 6.09 Å². The molecule has 202 valence electrons. The quantitative estimate of drug-likeness (QED) is 0.571. The van der Waals surface area contributed by atoms with Crippen molar-refractivity contribution in [1.29, 1.82) is 0 Å². The first-order chi connectivity index (χ1) is 17.5. The number of hydrogen-bond acceptors (Lipinski definition) is 5. The Morgan fingerprint density at radius 1 is 1.05 bits per heavy atom. The van der Waals surface area contributed by atoms with Crippen molar-refractivity contribution in [3.8, 4) is 0 Å². The number of nitrogens with zero attached hydrogens (tertiary/aromatic N) is 2. The van der Waals surface area contributed by atoms with E-state index in [1.54, 1.807) is 0 Å². The maximum atomic E-state index is 13.6. The van der Waals surface area contributed by atoms with Crippen LogP contribution < -0.4 is 0 Å². The molecule has 2 aromatic rings. The van der Waals surface area contributed by atoms with Gasteiger partial charge in [0.15, 0.2) is 9.84 Å². The summed E-state index contributed by atoms with van der Waals surface area (Å²) in [5.41, 5.74) is 1.37. The number of aromatic amines is 1. The molecule has 1 aromatic heterocycles. The average Bonchev–Trinajstić information content (AvgIpc) is 3.29. The largest absolute Gasteiger partial charge is 0.444 e. The fraction of sp³-hybridized carbons (Fsp3) is 0.571.